The number of para-hydroxylation sites is 1. The molecule has 1 aliphatic rings. The fourth-order valence-corrected chi connectivity index (χ4v) is 3.85. The van der Waals surface area contributed by atoms with Crippen LogP contribution in [0.15, 0.2) is 59.4 Å². The molecule has 2 heterocycles. The average Bonchev–Trinajstić information content (AvgIpc) is 3.20. The number of hydrazine groups is 1. The Labute approximate surface area is 185 Å². The van der Waals surface area contributed by atoms with Crippen LogP contribution in [0, 0.1) is 0 Å². The molecule has 0 bridgehead atoms. The highest BCUT2D eigenvalue weighted by Crippen LogP contribution is 2.34. The van der Waals surface area contributed by atoms with Gasteiger partial charge in [0.15, 0.2) is 0 Å². The molecule has 0 fully saturated rings. The highest BCUT2D eigenvalue weighted by Gasteiger charge is 2.26. The van der Waals surface area contributed by atoms with Crippen molar-refractivity contribution < 1.29 is 14.2 Å². The summed E-state index contributed by atoms with van der Waals surface area (Å²) in [5.74, 6) is 1.37. The first-order chi connectivity index (χ1) is 15.1. The molecule has 0 radical (unpaired) electrons. The van der Waals surface area contributed by atoms with Gasteiger partial charge in [-0.3, -0.25) is 15.2 Å². The molecule has 1 N–H and O–H groups in total. The first-order valence-electron chi connectivity index (χ1n) is 9.91. The summed E-state index contributed by atoms with van der Waals surface area (Å²) in [4.78, 5) is 12.9. The Morgan fingerprint density at radius 2 is 1.87 bits per heavy atom. The zero-order valence-corrected chi connectivity index (χ0v) is 18.2. The van der Waals surface area contributed by atoms with Crippen molar-refractivity contribution in [3.63, 3.8) is 0 Å². The Morgan fingerprint density at radius 3 is 2.65 bits per heavy atom. The minimum Gasteiger partial charge on any atom is -0.497 e. The summed E-state index contributed by atoms with van der Waals surface area (Å²) in [6.07, 6.45) is 0. The van der Waals surface area contributed by atoms with Gasteiger partial charge in [-0.2, -0.15) is 0 Å². The fraction of sp³-hybridized carbons (Fsp3) is 0.261. The minimum absolute atomic E-state index is 0.117. The van der Waals surface area contributed by atoms with Crippen LogP contribution in [0.2, 0.25) is 5.02 Å². The van der Waals surface area contributed by atoms with E-state index in [9.17, 15) is 4.79 Å². The van der Waals surface area contributed by atoms with Crippen LogP contribution in [0.25, 0.3) is 0 Å². The van der Waals surface area contributed by atoms with Crippen LogP contribution in [-0.4, -0.2) is 25.4 Å². The van der Waals surface area contributed by atoms with Crippen molar-refractivity contribution >= 4 is 23.0 Å². The lowest BCUT2D eigenvalue weighted by atomic mass is 10.1. The zero-order chi connectivity index (χ0) is 21.8. The summed E-state index contributed by atoms with van der Waals surface area (Å²) >= 11 is 6.39. The molecule has 0 unspecified atom stereocenters. The number of ether oxygens (including phenoxy) is 3. The Hall–Kier alpha value is -3.16. The Bertz CT molecular complexity index is 1130. The molecule has 31 heavy (non-hydrogen) atoms. The number of methoxy groups -OCH3 is 2. The predicted octanol–water partition coefficient (Wildman–Crippen LogP) is 4.08. The molecular weight excluding hydrogens is 418 g/mol. The second-order valence-electron chi connectivity index (χ2n) is 7.08. The fourth-order valence-electron chi connectivity index (χ4n) is 3.61. The average molecular weight is 442 g/mol. The number of aromatic nitrogens is 1. The molecule has 7 nitrogen and oxygen atoms in total. The third-order valence-electron chi connectivity index (χ3n) is 5.18. The standard InChI is InChI=1S/C23H24ClN3O4/c1-29-11-10-26-22(15-31-17-7-5-6-16(12-17)30-2)18-14-27(25-20(18)13-23(26)28)21-9-4-3-8-19(21)24/h3-9,12-13,25H,10-11,14-15H2,1-2H3. The third kappa shape index (κ3) is 4.47. The van der Waals surface area contributed by atoms with Crippen LogP contribution in [0.4, 0.5) is 11.4 Å². The predicted molar refractivity (Wildman–Crippen MR) is 121 cm³/mol. The van der Waals surface area contributed by atoms with E-state index >= 15 is 0 Å². The molecular formula is C23H24ClN3O4. The maximum Gasteiger partial charge on any atom is 0.253 e. The van der Waals surface area contributed by atoms with Crippen molar-refractivity contribution in [2.45, 2.75) is 19.7 Å². The normalized spacial score (nSPS) is 12.4. The van der Waals surface area contributed by atoms with Crippen LogP contribution in [0.3, 0.4) is 0 Å². The Kier molecular flexibility index (Phi) is 6.34. The van der Waals surface area contributed by atoms with E-state index in [4.69, 9.17) is 25.8 Å². The van der Waals surface area contributed by atoms with Crippen molar-refractivity contribution in [1.29, 1.82) is 0 Å². The van der Waals surface area contributed by atoms with Gasteiger partial charge in [-0.05, 0) is 24.3 Å². The lowest BCUT2D eigenvalue weighted by Crippen LogP contribution is -2.27. The van der Waals surface area contributed by atoms with Crippen LogP contribution in [0.5, 0.6) is 11.5 Å². The summed E-state index contributed by atoms with van der Waals surface area (Å²) in [5.41, 5.74) is 6.56. The number of halogens is 1. The maximum atomic E-state index is 12.9. The largest absolute Gasteiger partial charge is 0.497 e. The molecule has 0 aliphatic carbocycles. The van der Waals surface area contributed by atoms with Crippen molar-refractivity contribution in [2.24, 2.45) is 0 Å². The van der Waals surface area contributed by atoms with E-state index < -0.39 is 0 Å². The Balaban J connectivity index is 1.68. The van der Waals surface area contributed by atoms with Crippen molar-refractivity contribution in [3.05, 3.63) is 81.2 Å². The lowest BCUT2D eigenvalue weighted by Gasteiger charge is -2.19. The maximum absolute atomic E-state index is 12.9. The molecule has 2 aromatic carbocycles. The van der Waals surface area contributed by atoms with Crippen molar-refractivity contribution in [2.75, 3.05) is 31.3 Å². The van der Waals surface area contributed by atoms with E-state index in [0.717, 1.165) is 22.6 Å². The third-order valence-corrected chi connectivity index (χ3v) is 5.50. The second kappa shape index (κ2) is 9.32. The molecule has 0 atom stereocenters. The molecule has 1 aromatic heterocycles. The van der Waals surface area contributed by atoms with E-state index in [1.165, 1.54) is 0 Å². The van der Waals surface area contributed by atoms with Crippen LogP contribution in [-0.2, 0) is 24.4 Å². The number of hydrogen-bond acceptors (Lipinski definition) is 6. The van der Waals surface area contributed by atoms with Gasteiger partial charge in [-0.1, -0.05) is 29.8 Å². The van der Waals surface area contributed by atoms with Gasteiger partial charge in [-0.15, -0.1) is 0 Å². The SMILES string of the molecule is COCCn1c(COc2cccc(OC)c2)c2c(cc1=O)NN(c1ccccc1Cl)C2. The van der Waals surface area contributed by atoms with Crippen molar-refractivity contribution in [3.8, 4) is 11.5 Å². The first kappa shape index (κ1) is 21.1. The summed E-state index contributed by atoms with van der Waals surface area (Å²) in [5, 5.41) is 2.56. The molecule has 1 aliphatic heterocycles. The lowest BCUT2D eigenvalue weighted by molar-refractivity contribution is 0.182. The zero-order valence-electron chi connectivity index (χ0n) is 17.4. The Morgan fingerprint density at radius 1 is 1.06 bits per heavy atom. The van der Waals surface area contributed by atoms with Gasteiger partial charge in [0.2, 0.25) is 0 Å². The monoisotopic (exact) mass is 441 g/mol. The molecule has 0 amide bonds. The van der Waals surface area contributed by atoms with Gasteiger partial charge >= 0.3 is 0 Å². The van der Waals surface area contributed by atoms with Gasteiger partial charge < -0.3 is 18.8 Å². The molecule has 4 rings (SSSR count). The van der Waals surface area contributed by atoms with Gasteiger partial charge in [0.1, 0.15) is 18.1 Å². The number of nitrogens with zero attached hydrogens (tertiary/aromatic N) is 2. The number of rotatable bonds is 8. The number of benzene rings is 2. The topological polar surface area (TPSA) is 65.0 Å². The van der Waals surface area contributed by atoms with Gasteiger partial charge in [-0.25, -0.2) is 0 Å². The molecule has 0 spiro atoms. The number of nitrogens with one attached hydrogen (secondary N) is 1. The van der Waals surface area contributed by atoms with Gasteiger partial charge in [0, 0.05) is 31.4 Å². The summed E-state index contributed by atoms with van der Waals surface area (Å²) in [6, 6.07) is 16.6. The number of pyridine rings is 1. The van der Waals surface area contributed by atoms with Crippen LogP contribution in [0.1, 0.15) is 11.3 Å². The second-order valence-corrected chi connectivity index (χ2v) is 7.49. The van der Waals surface area contributed by atoms with Crippen LogP contribution < -0.4 is 25.5 Å². The minimum atomic E-state index is -0.117. The summed E-state index contributed by atoms with van der Waals surface area (Å²) in [7, 11) is 3.23. The van der Waals surface area contributed by atoms with Crippen molar-refractivity contribution in [1.82, 2.24) is 4.57 Å². The van der Waals surface area contributed by atoms with E-state index in [1.54, 1.807) is 24.9 Å². The molecule has 0 saturated heterocycles. The van der Waals surface area contributed by atoms with E-state index in [1.807, 2.05) is 53.5 Å². The number of hydrogen-bond donors (Lipinski definition) is 1. The molecule has 162 valence electrons. The number of anilines is 2. The highest BCUT2D eigenvalue weighted by molar-refractivity contribution is 6.33. The van der Waals surface area contributed by atoms with Gasteiger partial charge in [0.05, 0.1) is 42.4 Å². The first-order valence-corrected chi connectivity index (χ1v) is 10.3. The summed E-state index contributed by atoms with van der Waals surface area (Å²) in [6.45, 7) is 1.63. The van der Waals surface area contributed by atoms with Gasteiger partial charge in [0.25, 0.3) is 5.56 Å². The molecule has 3 aromatic rings. The quantitative estimate of drug-likeness (QED) is 0.568. The highest BCUT2D eigenvalue weighted by atomic mass is 35.5. The summed E-state index contributed by atoms with van der Waals surface area (Å²) < 4.78 is 18.2. The van der Waals surface area contributed by atoms with E-state index in [0.29, 0.717) is 36.2 Å². The smallest absolute Gasteiger partial charge is 0.253 e. The molecule has 0 saturated carbocycles. The number of fused-ring (bicyclic) bond motifs is 1. The van der Waals surface area contributed by atoms with E-state index in [2.05, 4.69) is 5.43 Å². The van der Waals surface area contributed by atoms with Crippen LogP contribution >= 0.6 is 11.6 Å². The molecule has 8 heteroatoms. The van der Waals surface area contributed by atoms with E-state index in [-0.39, 0.29) is 12.2 Å².